The van der Waals surface area contributed by atoms with Crippen molar-refractivity contribution in [2.45, 2.75) is 18.0 Å². The molecule has 0 heterocycles. The Balaban J connectivity index is 1.72. The van der Waals surface area contributed by atoms with Crippen LogP contribution in [0.1, 0.15) is 21.5 Å². The second-order valence-corrected chi connectivity index (χ2v) is 7.98. The highest BCUT2D eigenvalue weighted by Crippen LogP contribution is 2.17. The van der Waals surface area contributed by atoms with Crippen LogP contribution in [0.5, 0.6) is 5.75 Å². The van der Waals surface area contributed by atoms with Gasteiger partial charge in [0.05, 0.1) is 17.6 Å². The van der Waals surface area contributed by atoms with Gasteiger partial charge >= 0.3 is 5.97 Å². The molecule has 0 saturated carbocycles. The number of hydrogen-bond donors (Lipinski definition) is 1. The molecule has 1 N–H and O–H groups in total. The molecule has 3 aromatic rings. The number of esters is 1. The minimum atomic E-state index is -3.81. The van der Waals surface area contributed by atoms with E-state index >= 15 is 0 Å². The van der Waals surface area contributed by atoms with Crippen molar-refractivity contribution in [3.8, 4) is 5.75 Å². The Kier molecular flexibility index (Phi) is 6.64. The molecule has 6 nitrogen and oxygen atoms in total. The third-order valence-electron chi connectivity index (χ3n) is 4.27. The number of benzene rings is 3. The Morgan fingerprint density at radius 3 is 2.31 bits per heavy atom. The van der Waals surface area contributed by atoms with Crippen LogP contribution in [0, 0.1) is 0 Å². The van der Waals surface area contributed by atoms with Crippen LogP contribution in [-0.4, -0.2) is 21.5 Å². The van der Waals surface area contributed by atoms with Crippen LogP contribution in [0.2, 0.25) is 0 Å². The normalized spacial score (nSPS) is 11.1. The minimum Gasteiger partial charge on any atom is -0.489 e. The molecule has 29 heavy (non-hydrogen) atoms. The van der Waals surface area contributed by atoms with Gasteiger partial charge in [-0.2, -0.15) is 0 Å². The smallest absolute Gasteiger partial charge is 0.337 e. The number of para-hydroxylation sites is 1. The number of nitrogens with one attached hydrogen (secondary N) is 1. The molecule has 3 aromatic carbocycles. The van der Waals surface area contributed by atoms with Crippen LogP contribution in [0.25, 0.3) is 0 Å². The summed E-state index contributed by atoms with van der Waals surface area (Å²) >= 11 is 0. The van der Waals surface area contributed by atoms with E-state index in [1.165, 1.54) is 31.4 Å². The molecule has 0 saturated heterocycles. The number of sulfonamides is 1. The maximum Gasteiger partial charge on any atom is 0.337 e. The summed E-state index contributed by atoms with van der Waals surface area (Å²) in [4.78, 5) is 11.7. The molecule has 0 fully saturated rings. The van der Waals surface area contributed by atoms with Gasteiger partial charge in [-0.15, -0.1) is 0 Å². The zero-order chi connectivity index (χ0) is 20.7. The van der Waals surface area contributed by atoms with E-state index < -0.39 is 16.0 Å². The first-order valence-corrected chi connectivity index (χ1v) is 10.4. The van der Waals surface area contributed by atoms with Gasteiger partial charge in [0.1, 0.15) is 12.4 Å². The van der Waals surface area contributed by atoms with Crippen molar-refractivity contribution < 1.29 is 22.7 Å². The Hall–Kier alpha value is -3.16. The fourth-order valence-corrected chi connectivity index (χ4v) is 3.76. The highest BCUT2D eigenvalue weighted by atomic mass is 32.2. The highest BCUT2D eigenvalue weighted by Gasteiger charge is 2.17. The van der Waals surface area contributed by atoms with Gasteiger partial charge in [0.2, 0.25) is 10.0 Å². The molecule has 0 amide bonds. The van der Waals surface area contributed by atoms with Crippen molar-refractivity contribution in [2.75, 3.05) is 7.11 Å². The van der Waals surface area contributed by atoms with E-state index in [0.29, 0.717) is 6.61 Å². The molecule has 0 radical (unpaired) electrons. The monoisotopic (exact) mass is 411 g/mol. The lowest BCUT2D eigenvalue weighted by molar-refractivity contribution is 0.0600. The van der Waals surface area contributed by atoms with Crippen molar-refractivity contribution >= 4 is 16.0 Å². The largest absolute Gasteiger partial charge is 0.489 e. The number of ether oxygens (including phenoxy) is 2. The molecule has 7 heteroatoms. The lowest BCUT2D eigenvalue weighted by Gasteiger charge is -2.13. The number of carbonyl (C=O) groups excluding carboxylic acids is 1. The van der Waals surface area contributed by atoms with E-state index in [0.717, 1.165) is 16.9 Å². The summed E-state index contributed by atoms with van der Waals surface area (Å²) in [6, 6.07) is 22.6. The lowest BCUT2D eigenvalue weighted by atomic mass is 10.1. The summed E-state index contributed by atoms with van der Waals surface area (Å²) in [7, 11) is -2.56. The van der Waals surface area contributed by atoms with E-state index in [-0.39, 0.29) is 17.0 Å². The topological polar surface area (TPSA) is 81.7 Å². The summed E-state index contributed by atoms with van der Waals surface area (Å²) < 4.78 is 38.3. The molecule has 3 rings (SSSR count). The van der Waals surface area contributed by atoms with Crippen molar-refractivity contribution in [1.82, 2.24) is 4.72 Å². The van der Waals surface area contributed by atoms with Gasteiger partial charge < -0.3 is 9.47 Å². The third kappa shape index (κ3) is 5.43. The zero-order valence-corrected chi connectivity index (χ0v) is 16.7. The van der Waals surface area contributed by atoms with E-state index in [9.17, 15) is 13.2 Å². The maximum atomic E-state index is 12.7. The Labute approximate surface area is 170 Å². The first-order valence-electron chi connectivity index (χ1n) is 8.92. The number of carbonyl (C=O) groups is 1. The van der Waals surface area contributed by atoms with Crippen molar-refractivity contribution in [2.24, 2.45) is 0 Å². The lowest BCUT2D eigenvalue weighted by Crippen LogP contribution is -2.24. The molecule has 0 aliphatic rings. The molecule has 150 valence electrons. The van der Waals surface area contributed by atoms with Gasteiger partial charge in [-0.05, 0) is 41.5 Å². The van der Waals surface area contributed by atoms with Crippen molar-refractivity contribution in [3.05, 3.63) is 95.6 Å². The van der Waals surface area contributed by atoms with Gasteiger partial charge in [0.15, 0.2) is 0 Å². The molecule has 0 aliphatic carbocycles. The maximum absolute atomic E-state index is 12.7. The van der Waals surface area contributed by atoms with E-state index in [4.69, 9.17) is 4.74 Å². The standard InChI is InChI=1S/C22H21NO5S/c1-27-22(24)17-10-7-13-21(14-17)29(25,26)23-15-18-8-5-6-9-19(18)16-28-20-11-3-2-4-12-20/h2-14,23H,15-16H2,1H3. The quantitative estimate of drug-likeness (QED) is 0.574. The summed E-state index contributed by atoms with van der Waals surface area (Å²) in [6.07, 6.45) is 0. The predicted octanol–water partition coefficient (Wildman–Crippen LogP) is 3.53. The predicted molar refractivity (Wildman–Crippen MR) is 109 cm³/mol. The summed E-state index contributed by atoms with van der Waals surface area (Å²) in [6.45, 7) is 0.416. The van der Waals surface area contributed by atoms with E-state index in [2.05, 4.69) is 9.46 Å². The SMILES string of the molecule is COC(=O)c1cccc(S(=O)(=O)NCc2ccccc2COc2ccccc2)c1. The molecular formula is C22H21NO5S. The zero-order valence-electron chi connectivity index (χ0n) is 15.9. The van der Waals surface area contributed by atoms with Crippen LogP contribution >= 0.6 is 0 Å². The Morgan fingerprint density at radius 1 is 0.897 bits per heavy atom. The highest BCUT2D eigenvalue weighted by molar-refractivity contribution is 7.89. The molecule has 0 aromatic heterocycles. The second-order valence-electron chi connectivity index (χ2n) is 6.21. The third-order valence-corrected chi connectivity index (χ3v) is 5.67. The summed E-state index contributed by atoms with van der Waals surface area (Å²) in [5.74, 6) is 0.146. The van der Waals surface area contributed by atoms with Gasteiger partial charge in [0.25, 0.3) is 0 Å². The van der Waals surface area contributed by atoms with Crippen LogP contribution < -0.4 is 9.46 Å². The summed E-state index contributed by atoms with van der Waals surface area (Å²) in [5.41, 5.74) is 1.85. The summed E-state index contributed by atoms with van der Waals surface area (Å²) in [5, 5.41) is 0. The Bertz CT molecular complexity index is 1080. The first-order chi connectivity index (χ1) is 14.0. The van der Waals surface area contributed by atoms with E-state index in [1.54, 1.807) is 0 Å². The van der Waals surface area contributed by atoms with Crippen LogP contribution in [0.4, 0.5) is 0 Å². The fourth-order valence-electron chi connectivity index (χ4n) is 2.71. The van der Waals surface area contributed by atoms with E-state index in [1.807, 2.05) is 54.6 Å². The molecular weight excluding hydrogens is 390 g/mol. The van der Waals surface area contributed by atoms with Crippen molar-refractivity contribution in [1.29, 1.82) is 0 Å². The molecule has 0 atom stereocenters. The molecule has 0 aliphatic heterocycles. The number of hydrogen-bond acceptors (Lipinski definition) is 5. The average molecular weight is 411 g/mol. The van der Waals surface area contributed by atoms with Gasteiger partial charge in [-0.25, -0.2) is 17.9 Å². The molecule has 0 unspecified atom stereocenters. The van der Waals surface area contributed by atoms with Gasteiger partial charge in [-0.1, -0.05) is 48.5 Å². The van der Waals surface area contributed by atoms with Crippen LogP contribution in [0.3, 0.4) is 0 Å². The first kappa shape index (κ1) is 20.6. The molecule has 0 spiro atoms. The van der Waals surface area contributed by atoms with Crippen LogP contribution in [-0.2, 0) is 27.9 Å². The molecule has 0 bridgehead atoms. The van der Waals surface area contributed by atoms with Crippen molar-refractivity contribution in [3.63, 3.8) is 0 Å². The van der Waals surface area contributed by atoms with Crippen LogP contribution in [0.15, 0.2) is 83.8 Å². The average Bonchev–Trinajstić information content (AvgIpc) is 2.77. The van der Waals surface area contributed by atoms with Gasteiger partial charge in [0, 0.05) is 6.54 Å². The number of rotatable bonds is 8. The number of methoxy groups -OCH3 is 1. The second kappa shape index (κ2) is 9.36. The fraction of sp³-hybridized carbons (Fsp3) is 0.136. The van der Waals surface area contributed by atoms with Gasteiger partial charge in [-0.3, -0.25) is 0 Å². The Morgan fingerprint density at radius 2 is 1.59 bits per heavy atom. The minimum absolute atomic E-state index is 0.00147.